The van der Waals surface area contributed by atoms with E-state index in [0.717, 1.165) is 24.8 Å². The summed E-state index contributed by atoms with van der Waals surface area (Å²) in [5.41, 5.74) is 1.84. The van der Waals surface area contributed by atoms with Crippen molar-refractivity contribution in [2.75, 3.05) is 29.9 Å². The van der Waals surface area contributed by atoms with Crippen molar-refractivity contribution in [3.05, 3.63) is 65.1 Å². The number of carbonyl (C=O) groups is 2. The van der Waals surface area contributed by atoms with Gasteiger partial charge in [0.15, 0.2) is 5.82 Å². The molecule has 0 spiro atoms. The zero-order chi connectivity index (χ0) is 24.5. The number of hydrogen-bond donors (Lipinski definition) is 2. The SMILES string of the molecule is CN1CCC(c2ccc(-n3cc(C(=O)Nc4cc(Cl)cc(NS(C)(=O)=O)c4)cn3)nc2)CC1=O. The van der Waals surface area contributed by atoms with Crippen LogP contribution < -0.4 is 10.0 Å². The lowest BCUT2D eigenvalue weighted by atomic mass is 9.90. The Bertz CT molecular complexity index is 1340. The van der Waals surface area contributed by atoms with Crippen LogP contribution in [0.15, 0.2) is 48.9 Å². The van der Waals surface area contributed by atoms with Crippen LogP contribution in [0.2, 0.25) is 5.02 Å². The van der Waals surface area contributed by atoms with Crippen molar-refractivity contribution in [1.29, 1.82) is 0 Å². The first kappa shape index (κ1) is 23.7. The summed E-state index contributed by atoms with van der Waals surface area (Å²) in [5.74, 6) is 0.357. The van der Waals surface area contributed by atoms with Crippen molar-refractivity contribution in [3.8, 4) is 5.82 Å². The van der Waals surface area contributed by atoms with E-state index in [9.17, 15) is 18.0 Å². The number of carbonyl (C=O) groups excluding carboxylic acids is 2. The van der Waals surface area contributed by atoms with Crippen LogP contribution in [0.5, 0.6) is 0 Å². The number of sulfonamides is 1. The molecule has 1 unspecified atom stereocenters. The molecule has 34 heavy (non-hydrogen) atoms. The van der Waals surface area contributed by atoms with Crippen LogP contribution in [-0.2, 0) is 14.8 Å². The highest BCUT2D eigenvalue weighted by Gasteiger charge is 2.24. The van der Waals surface area contributed by atoms with E-state index < -0.39 is 15.9 Å². The molecule has 10 nitrogen and oxygen atoms in total. The van der Waals surface area contributed by atoms with E-state index in [1.165, 1.54) is 35.3 Å². The Morgan fingerprint density at radius 2 is 1.94 bits per heavy atom. The van der Waals surface area contributed by atoms with E-state index >= 15 is 0 Å². The molecule has 0 saturated carbocycles. The van der Waals surface area contributed by atoms with Gasteiger partial charge in [0.05, 0.1) is 23.7 Å². The second kappa shape index (κ2) is 9.43. The summed E-state index contributed by atoms with van der Waals surface area (Å²) >= 11 is 6.04. The Morgan fingerprint density at radius 1 is 1.18 bits per heavy atom. The van der Waals surface area contributed by atoms with E-state index in [4.69, 9.17) is 11.6 Å². The molecule has 2 amide bonds. The number of nitrogens with one attached hydrogen (secondary N) is 2. The second-order valence-electron chi connectivity index (χ2n) is 8.19. The van der Waals surface area contributed by atoms with Gasteiger partial charge >= 0.3 is 0 Å². The van der Waals surface area contributed by atoms with Crippen molar-refractivity contribution >= 4 is 44.8 Å². The molecule has 3 aromatic rings. The first-order valence-electron chi connectivity index (χ1n) is 10.4. The summed E-state index contributed by atoms with van der Waals surface area (Å²) in [6, 6.07) is 8.13. The fourth-order valence-corrected chi connectivity index (χ4v) is 4.49. The topological polar surface area (TPSA) is 126 Å². The highest BCUT2D eigenvalue weighted by molar-refractivity contribution is 7.92. The van der Waals surface area contributed by atoms with E-state index in [0.29, 0.717) is 17.9 Å². The van der Waals surface area contributed by atoms with Gasteiger partial charge in [0.2, 0.25) is 15.9 Å². The van der Waals surface area contributed by atoms with Gasteiger partial charge in [-0.25, -0.2) is 18.1 Å². The number of amides is 2. The first-order valence-corrected chi connectivity index (χ1v) is 12.7. The predicted octanol–water partition coefficient (Wildman–Crippen LogP) is 2.88. The van der Waals surface area contributed by atoms with Crippen LogP contribution in [0.25, 0.3) is 5.82 Å². The van der Waals surface area contributed by atoms with E-state index in [-0.39, 0.29) is 28.1 Å². The molecule has 1 aliphatic heterocycles. The fourth-order valence-electron chi connectivity index (χ4n) is 3.71. The maximum Gasteiger partial charge on any atom is 0.258 e. The zero-order valence-corrected chi connectivity index (χ0v) is 20.1. The number of piperidine rings is 1. The smallest absolute Gasteiger partial charge is 0.258 e. The minimum Gasteiger partial charge on any atom is -0.346 e. The maximum absolute atomic E-state index is 12.7. The average Bonchev–Trinajstić information content (AvgIpc) is 3.25. The number of hydrogen-bond acceptors (Lipinski definition) is 6. The van der Waals surface area contributed by atoms with Gasteiger partial charge in [0.1, 0.15) is 0 Å². The predicted molar refractivity (Wildman–Crippen MR) is 129 cm³/mol. The molecule has 3 heterocycles. The summed E-state index contributed by atoms with van der Waals surface area (Å²) in [6.45, 7) is 0.724. The lowest BCUT2D eigenvalue weighted by Gasteiger charge is -2.28. The van der Waals surface area contributed by atoms with Gasteiger partial charge in [-0.3, -0.25) is 14.3 Å². The second-order valence-corrected chi connectivity index (χ2v) is 10.4. The molecule has 178 valence electrons. The standard InChI is InChI=1S/C22H23ClN6O4S/c1-28-6-5-14(7-21(28)30)15-3-4-20(24-11-15)29-13-16(12-25-29)22(31)26-18-8-17(23)9-19(10-18)27-34(2,32)33/h3-4,8-14,27H,5-7H2,1-2H3,(H,26,31). The molecular formula is C22H23ClN6O4S. The number of pyridine rings is 1. The van der Waals surface area contributed by atoms with Crippen LogP contribution in [-0.4, -0.2) is 59.7 Å². The van der Waals surface area contributed by atoms with Crippen LogP contribution >= 0.6 is 11.6 Å². The summed E-state index contributed by atoms with van der Waals surface area (Å²) in [5, 5.41) is 7.15. The maximum atomic E-state index is 12.7. The molecule has 2 aromatic heterocycles. The van der Waals surface area contributed by atoms with Gasteiger partial charge in [0.25, 0.3) is 5.91 Å². The fraction of sp³-hybridized carbons (Fsp3) is 0.273. The molecule has 2 N–H and O–H groups in total. The van der Waals surface area contributed by atoms with Gasteiger partial charge in [-0.05, 0) is 42.2 Å². The number of halogens is 1. The molecule has 12 heteroatoms. The Kier molecular flexibility index (Phi) is 6.58. The first-order chi connectivity index (χ1) is 16.1. The number of rotatable bonds is 6. The van der Waals surface area contributed by atoms with Gasteiger partial charge < -0.3 is 10.2 Å². The monoisotopic (exact) mass is 502 g/mol. The van der Waals surface area contributed by atoms with Gasteiger partial charge in [-0.2, -0.15) is 5.10 Å². The number of likely N-dealkylation sites (tertiary alicyclic amines) is 1. The van der Waals surface area contributed by atoms with Crippen LogP contribution in [0.1, 0.15) is 34.7 Å². The molecule has 1 saturated heterocycles. The third kappa shape index (κ3) is 5.72. The summed E-state index contributed by atoms with van der Waals surface area (Å²) in [6.07, 6.45) is 7.06. The Balaban J connectivity index is 1.45. The lowest BCUT2D eigenvalue weighted by molar-refractivity contribution is -0.132. The third-order valence-electron chi connectivity index (χ3n) is 5.44. The molecule has 1 fully saturated rings. The van der Waals surface area contributed by atoms with Crippen molar-refractivity contribution in [1.82, 2.24) is 19.7 Å². The van der Waals surface area contributed by atoms with Crippen LogP contribution in [0.4, 0.5) is 11.4 Å². The molecule has 0 bridgehead atoms. The number of benzene rings is 1. The van der Waals surface area contributed by atoms with Gasteiger partial charge in [0, 0.05) is 43.1 Å². The third-order valence-corrected chi connectivity index (χ3v) is 6.27. The van der Waals surface area contributed by atoms with Crippen molar-refractivity contribution in [3.63, 3.8) is 0 Å². The lowest BCUT2D eigenvalue weighted by Crippen LogP contribution is -2.34. The van der Waals surface area contributed by atoms with Crippen molar-refractivity contribution in [2.45, 2.75) is 18.8 Å². The van der Waals surface area contributed by atoms with Crippen LogP contribution in [0.3, 0.4) is 0 Å². The minimum absolute atomic E-state index is 0.127. The average molecular weight is 503 g/mol. The Hall–Kier alpha value is -3.44. The van der Waals surface area contributed by atoms with Gasteiger partial charge in [-0.15, -0.1) is 0 Å². The highest BCUT2D eigenvalue weighted by atomic mass is 35.5. The largest absolute Gasteiger partial charge is 0.346 e. The number of nitrogens with zero attached hydrogens (tertiary/aromatic N) is 4. The van der Waals surface area contributed by atoms with Gasteiger partial charge in [-0.1, -0.05) is 17.7 Å². The Morgan fingerprint density at radius 3 is 2.62 bits per heavy atom. The molecule has 0 radical (unpaired) electrons. The molecule has 1 aliphatic rings. The van der Waals surface area contributed by atoms with Crippen molar-refractivity contribution in [2.24, 2.45) is 0 Å². The summed E-state index contributed by atoms with van der Waals surface area (Å²) in [4.78, 5) is 30.8. The molecule has 0 aliphatic carbocycles. The van der Waals surface area contributed by atoms with Crippen LogP contribution in [0, 0.1) is 0 Å². The summed E-state index contributed by atoms with van der Waals surface area (Å²) in [7, 11) is -1.69. The van der Waals surface area contributed by atoms with Crippen molar-refractivity contribution < 1.29 is 18.0 Å². The summed E-state index contributed by atoms with van der Waals surface area (Å²) < 4.78 is 26.7. The Labute approximate surface area is 202 Å². The quantitative estimate of drug-likeness (QED) is 0.533. The zero-order valence-electron chi connectivity index (χ0n) is 18.5. The number of anilines is 2. The molecular weight excluding hydrogens is 480 g/mol. The number of aromatic nitrogens is 3. The van der Waals surface area contributed by atoms with E-state index in [1.807, 2.05) is 13.1 Å². The van der Waals surface area contributed by atoms with E-state index in [1.54, 1.807) is 17.2 Å². The molecule has 4 rings (SSSR count). The molecule has 1 atom stereocenters. The molecule has 1 aromatic carbocycles. The minimum atomic E-state index is -3.49. The highest BCUT2D eigenvalue weighted by Crippen LogP contribution is 2.28. The van der Waals surface area contributed by atoms with E-state index in [2.05, 4.69) is 20.1 Å². The normalized spacial score (nSPS) is 16.4.